The summed E-state index contributed by atoms with van der Waals surface area (Å²) in [5, 5.41) is 0. The Hall–Kier alpha value is -1.05. The molecule has 0 unspecified atom stereocenters. The Morgan fingerprint density at radius 2 is 2.29 bits per heavy atom. The Kier molecular flexibility index (Phi) is 2.71. The molecule has 0 aromatic carbocycles. The van der Waals surface area contributed by atoms with Crippen LogP contribution < -0.4 is 0 Å². The molecule has 0 bridgehead atoms. The maximum Gasteiger partial charge on any atom is 0.137 e. The first-order chi connectivity index (χ1) is 6.79. The zero-order chi connectivity index (χ0) is 9.97. The van der Waals surface area contributed by atoms with Gasteiger partial charge in [0, 0.05) is 31.2 Å². The number of Topliss-reactive ketones (excluding diaryl/α,β-unsaturated/α-hetero) is 1. The molecule has 0 amide bonds. The van der Waals surface area contributed by atoms with Gasteiger partial charge in [-0.15, -0.1) is 0 Å². The fraction of sp³-hybridized carbons (Fsp3) is 0.583. The van der Waals surface area contributed by atoms with Gasteiger partial charge >= 0.3 is 0 Å². The van der Waals surface area contributed by atoms with E-state index in [1.165, 1.54) is 12.8 Å². The van der Waals surface area contributed by atoms with Crippen LogP contribution in [0.3, 0.4) is 0 Å². The van der Waals surface area contributed by atoms with Crippen LogP contribution in [0.5, 0.6) is 0 Å². The molecule has 0 saturated heterocycles. The van der Waals surface area contributed by atoms with Crippen LogP contribution in [0.15, 0.2) is 10.5 Å². The lowest BCUT2D eigenvalue weighted by molar-refractivity contribution is -0.118. The molecule has 0 spiro atoms. The van der Waals surface area contributed by atoms with Crippen LogP contribution >= 0.6 is 0 Å². The third kappa shape index (κ3) is 1.89. The summed E-state index contributed by atoms with van der Waals surface area (Å²) in [7, 11) is 0. The number of rotatable bonds is 3. The van der Waals surface area contributed by atoms with Gasteiger partial charge < -0.3 is 4.42 Å². The zero-order valence-electron chi connectivity index (χ0n) is 8.64. The molecule has 1 aliphatic rings. The first kappa shape index (κ1) is 9.50. The van der Waals surface area contributed by atoms with E-state index >= 15 is 0 Å². The fourth-order valence-electron chi connectivity index (χ4n) is 1.92. The predicted octanol–water partition coefficient (Wildman–Crippen LogP) is 2.68. The molecular weight excluding hydrogens is 176 g/mol. The van der Waals surface area contributed by atoms with E-state index in [1.54, 1.807) is 0 Å². The number of ketones is 1. The second-order valence-corrected chi connectivity index (χ2v) is 3.98. The Balaban J connectivity index is 2.11. The standard InChI is InChI=1S/C12H16O2/c1-2-3-4-11-8-9-7-10(13)5-6-12(9)14-11/h8H,2-7H2,1H3. The van der Waals surface area contributed by atoms with Gasteiger partial charge in [-0.2, -0.15) is 0 Å². The third-order valence-corrected chi connectivity index (χ3v) is 2.74. The second kappa shape index (κ2) is 3.99. The molecule has 0 radical (unpaired) electrons. The van der Waals surface area contributed by atoms with Crippen LogP contribution in [0.2, 0.25) is 0 Å². The second-order valence-electron chi connectivity index (χ2n) is 3.98. The van der Waals surface area contributed by atoms with Crippen molar-refractivity contribution in [2.24, 2.45) is 0 Å². The van der Waals surface area contributed by atoms with E-state index in [4.69, 9.17) is 4.42 Å². The Bertz CT molecular complexity index is 336. The van der Waals surface area contributed by atoms with Crippen LogP contribution in [-0.4, -0.2) is 5.78 Å². The molecule has 0 atom stereocenters. The van der Waals surface area contributed by atoms with Crippen molar-refractivity contribution in [2.75, 3.05) is 0 Å². The number of hydrogen-bond acceptors (Lipinski definition) is 2. The van der Waals surface area contributed by atoms with Gasteiger partial charge in [-0.25, -0.2) is 0 Å². The van der Waals surface area contributed by atoms with E-state index < -0.39 is 0 Å². The molecule has 0 aliphatic heterocycles. The minimum Gasteiger partial charge on any atom is -0.466 e. The van der Waals surface area contributed by atoms with Gasteiger partial charge in [-0.3, -0.25) is 4.79 Å². The van der Waals surface area contributed by atoms with Crippen molar-refractivity contribution < 1.29 is 9.21 Å². The van der Waals surface area contributed by atoms with Crippen LogP contribution in [-0.2, 0) is 24.1 Å². The summed E-state index contributed by atoms with van der Waals surface area (Å²) >= 11 is 0. The van der Waals surface area contributed by atoms with E-state index in [-0.39, 0.29) is 0 Å². The Morgan fingerprint density at radius 3 is 3.07 bits per heavy atom. The molecule has 0 fully saturated rings. The molecule has 1 heterocycles. The molecule has 76 valence electrons. The number of unbranched alkanes of at least 4 members (excludes halogenated alkanes) is 1. The number of furan rings is 1. The average Bonchev–Trinajstić information content (AvgIpc) is 2.56. The van der Waals surface area contributed by atoms with Crippen LogP contribution in [0.1, 0.15) is 43.3 Å². The monoisotopic (exact) mass is 192 g/mol. The Morgan fingerprint density at radius 1 is 1.43 bits per heavy atom. The van der Waals surface area contributed by atoms with Crippen molar-refractivity contribution in [3.63, 3.8) is 0 Å². The van der Waals surface area contributed by atoms with Crippen molar-refractivity contribution >= 4 is 5.78 Å². The van der Waals surface area contributed by atoms with E-state index in [0.29, 0.717) is 18.6 Å². The van der Waals surface area contributed by atoms with Gasteiger partial charge in [-0.05, 0) is 12.5 Å². The molecule has 1 aromatic heterocycles. The molecule has 2 nitrogen and oxygen atoms in total. The molecule has 2 heteroatoms. The van der Waals surface area contributed by atoms with Gasteiger partial charge in [0.15, 0.2) is 0 Å². The number of hydrogen-bond donors (Lipinski definition) is 0. The first-order valence-electron chi connectivity index (χ1n) is 5.41. The molecule has 2 rings (SSSR count). The summed E-state index contributed by atoms with van der Waals surface area (Å²) in [5.74, 6) is 2.46. The lowest BCUT2D eigenvalue weighted by atomic mass is 9.97. The number of fused-ring (bicyclic) bond motifs is 1. The normalized spacial score (nSPS) is 15.6. The highest BCUT2D eigenvalue weighted by Crippen LogP contribution is 2.23. The van der Waals surface area contributed by atoms with Gasteiger partial charge in [0.2, 0.25) is 0 Å². The van der Waals surface area contributed by atoms with Crippen molar-refractivity contribution in [1.29, 1.82) is 0 Å². The van der Waals surface area contributed by atoms with Crippen molar-refractivity contribution in [2.45, 2.75) is 45.4 Å². The summed E-state index contributed by atoms with van der Waals surface area (Å²) in [5.41, 5.74) is 1.13. The van der Waals surface area contributed by atoms with Crippen molar-refractivity contribution in [3.05, 3.63) is 23.2 Å². The third-order valence-electron chi connectivity index (χ3n) is 2.74. The maximum absolute atomic E-state index is 11.2. The summed E-state index contributed by atoms with van der Waals surface area (Å²) in [6.07, 6.45) is 5.42. The first-order valence-corrected chi connectivity index (χ1v) is 5.41. The molecule has 0 N–H and O–H groups in total. The van der Waals surface area contributed by atoms with E-state index in [9.17, 15) is 4.79 Å². The maximum atomic E-state index is 11.2. The molecule has 1 aromatic rings. The predicted molar refractivity (Wildman–Crippen MR) is 54.4 cm³/mol. The number of aryl methyl sites for hydroxylation is 2. The van der Waals surface area contributed by atoms with Crippen LogP contribution in [0.4, 0.5) is 0 Å². The highest BCUT2D eigenvalue weighted by molar-refractivity contribution is 5.82. The quantitative estimate of drug-likeness (QED) is 0.737. The Labute approximate surface area is 84.3 Å². The topological polar surface area (TPSA) is 30.2 Å². The lowest BCUT2D eigenvalue weighted by Crippen LogP contribution is -2.10. The van der Waals surface area contributed by atoms with Gasteiger partial charge in [0.1, 0.15) is 17.3 Å². The smallest absolute Gasteiger partial charge is 0.137 e. The van der Waals surface area contributed by atoms with Crippen molar-refractivity contribution in [1.82, 2.24) is 0 Å². The number of carbonyl (C=O) groups excluding carboxylic acids is 1. The number of carbonyl (C=O) groups is 1. The highest BCUT2D eigenvalue weighted by Gasteiger charge is 2.19. The molecule has 14 heavy (non-hydrogen) atoms. The van der Waals surface area contributed by atoms with E-state index in [1.807, 2.05) is 0 Å². The molecular formula is C12H16O2. The SMILES string of the molecule is CCCCc1cc2c(o1)CCC(=O)C2. The summed E-state index contributed by atoms with van der Waals surface area (Å²) < 4.78 is 5.70. The average molecular weight is 192 g/mol. The summed E-state index contributed by atoms with van der Waals surface area (Å²) in [6, 6.07) is 2.07. The lowest BCUT2D eigenvalue weighted by Gasteiger charge is -2.06. The zero-order valence-corrected chi connectivity index (χ0v) is 8.64. The van der Waals surface area contributed by atoms with Crippen LogP contribution in [0, 0.1) is 0 Å². The molecule has 1 aliphatic carbocycles. The minimum absolute atomic E-state index is 0.348. The van der Waals surface area contributed by atoms with Gasteiger partial charge in [0.05, 0.1) is 0 Å². The molecule has 0 saturated carbocycles. The largest absolute Gasteiger partial charge is 0.466 e. The summed E-state index contributed by atoms with van der Waals surface area (Å²) in [6.45, 7) is 2.17. The van der Waals surface area contributed by atoms with Gasteiger partial charge in [-0.1, -0.05) is 13.3 Å². The minimum atomic E-state index is 0.348. The van der Waals surface area contributed by atoms with Crippen molar-refractivity contribution in [3.8, 4) is 0 Å². The fourth-order valence-corrected chi connectivity index (χ4v) is 1.92. The summed E-state index contributed by atoms with van der Waals surface area (Å²) in [4.78, 5) is 11.2. The van der Waals surface area contributed by atoms with Crippen LogP contribution in [0.25, 0.3) is 0 Å². The van der Waals surface area contributed by atoms with Gasteiger partial charge in [0.25, 0.3) is 0 Å². The van der Waals surface area contributed by atoms with E-state index in [2.05, 4.69) is 13.0 Å². The van der Waals surface area contributed by atoms with E-state index in [0.717, 1.165) is 29.9 Å². The highest BCUT2D eigenvalue weighted by atomic mass is 16.3.